The van der Waals surface area contributed by atoms with E-state index in [0.29, 0.717) is 55.2 Å². The second-order valence-corrected chi connectivity index (χ2v) is 20.0. The minimum absolute atomic E-state index is 0.0392. The van der Waals surface area contributed by atoms with Gasteiger partial charge in [-0.1, -0.05) is 216 Å². The SMILES string of the molecule is O=C(Cc1ccccc1Cl)OCc1cccc(C(CCC(c2cccc(COC(=O)Cc3ccccc3Cl)c2)c2cccc(COC(=O)Cc3ccccc3Cl)c2)c2cccc(COC(=O)Cc3ccccc3Cl)c2)c1. The predicted octanol–water partition coefficient (Wildman–Crippen LogP) is 15.2. The maximum absolute atomic E-state index is 13.1. The van der Waals surface area contributed by atoms with Crippen LogP contribution in [0.5, 0.6) is 0 Å². The molecular formula is C64H54Cl4O8. The van der Waals surface area contributed by atoms with Crippen LogP contribution in [0.25, 0.3) is 0 Å². The predicted molar refractivity (Wildman–Crippen MR) is 298 cm³/mol. The first-order valence-corrected chi connectivity index (χ1v) is 26.4. The zero-order valence-electron chi connectivity index (χ0n) is 41.5. The largest absolute Gasteiger partial charge is 0.461 e. The van der Waals surface area contributed by atoms with Crippen LogP contribution < -0.4 is 0 Å². The van der Waals surface area contributed by atoms with Crippen LogP contribution in [0.15, 0.2) is 194 Å². The highest BCUT2D eigenvalue weighted by atomic mass is 35.5. The van der Waals surface area contributed by atoms with E-state index in [1.165, 1.54) is 0 Å². The first-order chi connectivity index (χ1) is 36.9. The lowest BCUT2D eigenvalue weighted by molar-refractivity contribution is -0.145. The standard InChI is InChI=1S/C64H54Cl4O8/c65-57-25-5-1-17-51(57)35-61(69)73-39-43-13-9-21-47(31-43)55(48-22-10-14-44(32-48)40-74-62(70)36-52-18-2-6-26-58(52)66)29-30-56(49-23-11-15-45(33-49)41-75-63(71)37-53-19-3-7-27-59(53)67)50-24-12-16-46(34-50)42-76-64(72)38-54-20-4-8-28-60(54)68/h1-28,31-34,55-56H,29-30,35-42H2. The molecule has 8 aromatic rings. The summed E-state index contributed by atoms with van der Waals surface area (Å²) in [4.78, 5) is 52.3. The molecule has 0 atom stereocenters. The van der Waals surface area contributed by atoms with Crippen LogP contribution in [0.4, 0.5) is 0 Å². The Kier molecular flexibility index (Phi) is 20.0. The Bertz CT molecular complexity index is 2870. The lowest BCUT2D eigenvalue weighted by atomic mass is 9.80. The summed E-state index contributed by atoms with van der Waals surface area (Å²) in [5, 5.41) is 2.00. The van der Waals surface area contributed by atoms with Gasteiger partial charge in [-0.3, -0.25) is 19.2 Å². The second kappa shape index (κ2) is 27.5. The van der Waals surface area contributed by atoms with E-state index in [1.54, 1.807) is 48.5 Å². The Morgan fingerprint density at radius 3 is 0.750 bits per heavy atom. The molecule has 386 valence electrons. The number of halogens is 4. The molecule has 0 saturated carbocycles. The Labute approximate surface area is 463 Å². The first kappa shape index (κ1) is 55.0. The first-order valence-electron chi connectivity index (χ1n) is 24.9. The molecule has 0 aliphatic rings. The van der Waals surface area contributed by atoms with E-state index >= 15 is 0 Å². The van der Waals surface area contributed by atoms with Gasteiger partial charge in [0, 0.05) is 31.9 Å². The van der Waals surface area contributed by atoms with Gasteiger partial charge in [0.1, 0.15) is 26.4 Å². The number of rotatable bonds is 23. The van der Waals surface area contributed by atoms with Crippen molar-refractivity contribution in [3.63, 3.8) is 0 Å². The molecule has 0 heterocycles. The monoisotopic (exact) mass is 1090 g/mol. The number of ether oxygens (including phenoxy) is 4. The molecule has 0 aliphatic heterocycles. The average Bonchev–Trinajstić information content (AvgIpc) is 3.43. The average molecular weight is 1090 g/mol. The van der Waals surface area contributed by atoms with Gasteiger partial charge < -0.3 is 18.9 Å². The van der Waals surface area contributed by atoms with Crippen LogP contribution in [0.1, 0.15) is 91.4 Å². The summed E-state index contributed by atoms with van der Waals surface area (Å²) in [6.45, 7) is 0.220. The molecule has 12 heteroatoms. The molecule has 0 fully saturated rings. The van der Waals surface area contributed by atoms with Crippen molar-refractivity contribution in [2.24, 2.45) is 0 Å². The summed E-state index contributed by atoms with van der Waals surface area (Å²) in [5.74, 6) is -1.98. The highest BCUT2D eigenvalue weighted by Crippen LogP contribution is 2.38. The van der Waals surface area contributed by atoms with E-state index in [1.807, 2.05) is 97.1 Å². The lowest BCUT2D eigenvalue weighted by Crippen LogP contribution is -2.11. The molecule has 0 N–H and O–H groups in total. The minimum Gasteiger partial charge on any atom is -0.461 e. The van der Waals surface area contributed by atoms with Crippen molar-refractivity contribution in [3.8, 4) is 0 Å². The molecule has 0 radical (unpaired) electrons. The van der Waals surface area contributed by atoms with Gasteiger partial charge in [0.05, 0.1) is 25.7 Å². The number of hydrogen-bond donors (Lipinski definition) is 0. The fourth-order valence-electron chi connectivity index (χ4n) is 9.03. The van der Waals surface area contributed by atoms with Gasteiger partial charge in [-0.05, 0) is 104 Å². The molecular weight excluding hydrogens is 1040 g/mol. The molecule has 0 aliphatic carbocycles. The Balaban J connectivity index is 1.07. The zero-order valence-corrected chi connectivity index (χ0v) is 44.5. The van der Waals surface area contributed by atoms with E-state index in [4.69, 9.17) is 65.4 Å². The summed E-state index contributed by atoms with van der Waals surface area (Å²) in [6, 6.07) is 60.9. The van der Waals surface area contributed by atoms with Gasteiger partial charge in [0.15, 0.2) is 0 Å². The van der Waals surface area contributed by atoms with E-state index in [0.717, 1.165) is 44.5 Å². The molecule has 0 bridgehead atoms. The third kappa shape index (κ3) is 16.2. The van der Waals surface area contributed by atoms with Gasteiger partial charge in [0.2, 0.25) is 0 Å². The van der Waals surface area contributed by atoms with Crippen molar-refractivity contribution < 1.29 is 38.1 Å². The number of benzene rings is 8. The van der Waals surface area contributed by atoms with Gasteiger partial charge in [-0.25, -0.2) is 0 Å². The number of esters is 4. The van der Waals surface area contributed by atoms with Crippen molar-refractivity contribution in [3.05, 3.63) is 281 Å². The van der Waals surface area contributed by atoms with Crippen LogP contribution in [0.3, 0.4) is 0 Å². The Hall–Kier alpha value is -7.20. The van der Waals surface area contributed by atoms with Crippen molar-refractivity contribution >= 4 is 70.3 Å². The Morgan fingerprint density at radius 2 is 0.526 bits per heavy atom. The quantitative estimate of drug-likeness (QED) is 0.0461. The fourth-order valence-corrected chi connectivity index (χ4v) is 9.84. The lowest BCUT2D eigenvalue weighted by Gasteiger charge is -2.25. The van der Waals surface area contributed by atoms with E-state index in [-0.39, 0.29) is 63.9 Å². The Morgan fingerprint density at radius 1 is 0.303 bits per heavy atom. The zero-order chi connectivity index (χ0) is 53.2. The molecule has 76 heavy (non-hydrogen) atoms. The van der Waals surface area contributed by atoms with Crippen molar-refractivity contribution in [1.29, 1.82) is 0 Å². The number of carbonyl (C=O) groups is 4. The highest BCUT2D eigenvalue weighted by Gasteiger charge is 2.23. The summed E-state index contributed by atoms with van der Waals surface area (Å²) in [5.41, 5.74) is 9.95. The third-order valence-corrected chi connectivity index (χ3v) is 14.4. The smallest absolute Gasteiger partial charge is 0.310 e. The van der Waals surface area contributed by atoms with Crippen molar-refractivity contribution in [2.45, 2.75) is 76.8 Å². The normalized spacial score (nSPS) is 11.1. The van der Waals surface area contributed by atoms with E-state index < -0.39 is 23.9 Å². The summed E-state index contributed by atoms with van der Waals surface area (Å²) in [7, 11) is 0. The molecule has 8 rings (SSSR count). The summed E-state index contributed by atoms with van der Waals surface area (Å²) < 4.78 is 23.2. The van der Waals surface area contributed by atoms with E-state index in [9.17, 15) is 19.2 Å². The molecule has 0 saturated heterocycles. The number of hydrogen-bond acceptors (Lipinski definition) is 8. The van der Waals surface area contributed by atoms with Crippen molar-refractivity contribution in [2.75, 3.05) is 0 Å². The van der Waals surface area contributed by atoms with Gasteiger partial charge >= 0.3 is 23.9 Å². The van der Waals surface area contributed by atoms with Crippen LogP contribution >= 0.6 is 46.4 Å². The van der Waals surface area contributed by atoms with Crippen LogP contribution in [0, 0.1) is 0 Å². The maximum atomic E-state index is 13.1. The fraction of sp³-hybridized carbons (Fsp3) is 0.188. The molecule has 0 aromatic heterocycles. The molecule has 8 nitrogen and oxygen atoms in total. The summed E-state index contributed by atoms with van der Waals surface area (Å²) >= 11 is 25.4. The highest BCUT2D eigenvalue weighted by molar-refractivity contribution is 6.32. The third-order valence-electron chi connectivity index (χ3n) is 12.9. The molecule has 0 spiro atoms. The van der Waals surface area contributed by atoms with Crippen LogP contribution in [-0.2, 0) is 90.2 Å². The molecule has 0 amide bonds. The summed E-state index contributed by atoms with van der Waals surface area (Å²) in [6.07, 6.45) is 1.42. The van der Waals surface area contributed by atoms with Crippen LogP contribution in [-0.4, -0.2) is 23.9 Å². The molecule has 8 aromatic carbocycles. The van der Waals surface area contributed by atoms with Crippen molar-refractivity contribution in [1.82, 2.24) is 0 Å². The van der Waals surface area contributed by atoms with Gasteiger partial charge in [-0.15, -0.1) is 0 Å². The van der Waals surface area contributed by atoms with Crippen LogP contribution in [0.2, 0.25) is 20.1 Å². The van der Waals surface area contributed by atoms with E-state index in [2.05, 4.69) is 48.5 Å². The number of carbonyl (C=O) groups excluding carboxylic acids is 4. The molecule has 0 unspecified atom stereocenters. The van der Waals surface area contributed by atoms with Gasteiger partial charge in [0.25, 0.3) is 0 Å². The maximum Gasteiger partial charge on any atom is 0.310 e. The van der Waals surface area contributed by atoms with Gasteiger partial charge in [-0.2, -0.15) is 0 Å². The topological polar surface area (TPSA) is 105 Å². The minimum atomic E-state index is -0.398. The second-order valence-electron chi connectivity index (χ2n) is 18.4.